The Hall–Kier alpha value is -11.4. The van der Waals surface area contributed by atoms with Crippen molar-refractivity contribution in [2.45, 2.75) is 149 Å². The molecular weight excluding hydrogens is 1510 g/mol. The molecule has 30 nitrogen and oxygen atoms in total. The third kappa shape index (κ3) is 29.1. The van der Waals surface area contributed by atoms with Crippen LogP contribution in [0.2, 0.25) is 0 Å². The van der Waals surface area contributed by atoms with Crippen molar-refractivity contribution in [1.29, 1.82) is 0 Å². The number of tetrazole rings is 3. The normalized spacial score (nSPS) is 12.9. The second kappa shape index (κ2) is 44.4. The highest BCUT2D eigenvalue weighted by molar-refractivity contribution is 7.88. The smallest absolute Gasteiger partial charge is 0.319 e. The number of hydrogen-bond acceptors (Lipinski definition) is 19. The number of hydrogen-bond donors (Lipinski definition) is 9. The predicted octanol–water partition coefficient (Wildman–Crippen LogP) is 12.1. The summed E-state index contributed by atoms with van der Waals surface area (Å²) >= 11 is 0. The third-order valence-electron chi connectivity index (χ3n) is 19.3. The van der Waals surface area contributed by atoms with Crippen LogP contribution in [-0.2, 0) is 81.0 Å². The lowest BCUT2D eigenvalue weighted by Crippen LogP contribution is -2.49. The van der Waals surface area contributed by atoms with Crippen molar-refractivity contribution in [3.8, 4) is 34.2 Å². The van der Waals surface area contributed by atoms with Crippen LogP contribution in [0.25, 0.3) is 34.2 Å². The van der Waals surface area contributed by atoms with E-state index in [2.05, 4.69) is 95.5 Å². The Morgan fingerprint density at radius 1 is 0.448 bits per heavy atom. The monoisotopic (exact) mass is 1640 g/mol. The SMILES string of the molecule is CCc1cc(NC(=O)N[C@H](C)[C@@H](O)CN(CCCc2ccc(F)cc2)C(C)=O)cc(-c2nnnn2C)c1.CCc1cc(NC(=O)N[C@H](C)[C@@H](O)CN(CCCc2ccc(F)cc2)Cc2ccccc2)cc(-c2nnnn2C)c1.CCc1cc(NC(=O)N[C@H](C)[C@H](O)CN(CCCc2ccc(F)cc2)S(C)(=O)=O)cc(-c2nnnn2C)c1.[HH].[HH].[HH].[HH].[HH].[HH].[HH].[HH].[HH]. The quantitative estimate of drug-likeness (QED) is 0.0176. The standard InChI is InChI=1S/C31H38FN7O2.C26H34FN7O3.C25H34FN7O4S.9H2/c1-4-23-17-26(30-35-36-37-38(30)3)19-28(18-23)34-31(41)33-22(2)29(40)21-39(20-25-9-6-5-7-10-25)16-8-11-24-12-14-27(32)15-13-24;1-5-19-13-21(25-30-31-32-33(25)4)15-23(14-19)29-26(37)28-17(2)24(36)16-34(18(3)35)12-6-7-20-8-10-22(27)11-9-20;1-5-18-13-20(24-29-30-31-32(24)3)15-22(14-18)28-25(35)27-17(2)23(34)16-33(38(4,36)37)12-6-7-19-8-10-21(26)11-9-19;;;;;;;;;/h5-7,9-10,12-15,17-19,22,29,40H,4,8,11,16,20-21H2,1-3H3,(H2,33,34,41);8-11,13-15,17,24,36H,5-7,12,16H2,1-4H3,(H2,28,29,37);8-11,13-15,17,23,34H,5-7,12,16H2,1-4H3,(H2,27,28,35);9*1H/t22-,29+;17-,24+;17-,23-;;;;;;;;;/m111........./s1. The molecule has 34 heteroatoms. The van der Waals surface area contributed by atoms with Crippen LogP contribution in [0.1, 0.15) is 120 Å². The maximum Gasteiger partial charge on any atom is 0.319 e. The van der Waals surface area contributed by atoms with Crippen LogP contribution in [0.5, 0.6) is 0 Å². The van der Waals surface area contributed by atoms with Gasteiger partial charge in [-0.3, -0.25) is 9.69 Å². The van der Waals surface area contributed by atoms with E-state index in [1.54, 1.807) is 105 Å². The van der Waals surface area contributed by atoms with E-state index in [4.69, 9.17) is 0 Å². The Balaban J connectivity index is 0. The van der Waals surface area contributed by atoms with Crippen LogP contribution in [0.15, 0.2) is 158 Å². The molecule has 0 saturated heterocycles. The Morgan fingerprint density at radius 3 is 1.11 bits per heavy atom. The Bertz CT molecular complexity index is 4940. The number of benzene rings is 7. The summed E-state index contributed by atoms with van der Waals surface area (Å²) < 4.78 is 69.9. The summed E-state index contributed by atoms with van der Waals surface area (Å²) in [7, 11) is 1.62. The van der Waals surface area contributed by atoms with Crippen LogP contribution >= 0.6 is 0 Å². The number of rotatable bonds is 36. The minimum absolute atomic E-state index is 0. The predicted molar refractivity (Wildman–Crippen MR) is 457 cm³/mol. The van der Waals surface area contributed by atoms with Gasteiger partial charge in [0.1, 0.15) is 17.5 Å². The maximum atomic E-state index is 13.3. The van der Waals surface area contributed by atoms with Gasteiger partial charge in [0.2, 0.25) is 15.9 Å². The molecule has 7 amide bonds. The molecule has 0 radical (unpaired) electrons. The Morgan fingerprint density at radius 2 is 0.784 bits per heavy atom. The number of aliphatic hydroxyl groups is 3. The van der Waals surface area contributed by atoms with Gasteiger partial charge in [-0.25, -0.2) is 50.0 Å². The molecule has 6 atom stereocenters. The number of nitrogens with zero attached hydrogens (tertiary/aromatic N) is 15. The molecule has 7 aromatic carbocycles. The van der Waals surface area contributed by atoms with E-state index >= 15 is 0 Å². The highest BCUT2D eigenvalue weighted by Crippen LogP contribution is 2.27. The summed E-state index contributed by atoms with van der Waals surface area (Å²) in [6.07, 6.45) is 4.48. The summed E-state index contributed by atoms with van der Waals surface area (Å²) in [5.41, 5.74) is 11.1. The maximum absolute atomic E-state index is 13.3. The van der Waals surface area contributed by atoms with Gasteiger partial charge in [0, 0.05) is 114 Å². The van der Waals surface area contributed by atoms with Gasteiger partial charge >= 0.3 is 18.1 Å². The number of aliphatic hydroxyl groups excluding tert-OH is 3. The van der Waals surface area contributed by atoms with Crippen molar-refractivity contribution < 1.29 is 68.9 Å². The van der Waals surface area contributed by atoms with E-state index in [0.29, 0.717) is 79.9 Å². The number of aryl methyl sites for hydroxylation is 9. The first-order valence-electron chi connectivity index (χ1n) is 38.5. The fraction of sp³-hybridized carbons (Fsp3) is 0.402. The van der Waals surface area contributed by atoms with Gasteiger partial charge < -0.3 is 52.1 Å². The van der Waals surface area contributed by atoms with E-state index in [-0.39, 0.29) is 55.8 Å². The first kappa shape index (κ1) is 90.1. The number of aromatic nitrogens is 12. The molecule has 0 aliphatic carbocycles. The van der Waals surface area contributed by atoms with Gasteiger partial charge in [-0.2, -0.15) is 4.31 Å². The second-order valence-corrected chi connectivity index (χ2v) is 30.5. The summed E-state index contributed by atoms with van der Waals surface area (Å²) in [5.74, 6) is 0.696. The minimum atomic E-state index is -3.60. The van der Waals surface area contributed by atoms with Crippen molar-refractivity contribution in [2.24, 2.45) is 21.1 Å². The van der Waals surface area contributed by atoms with Gasteiger partial charge in [0.25, 0.3) is 0 Å². The van der Waals surface area contributed by atoms with Crippen LogP contribution in [0.3, 0.4) is 0 Å². The van der Waals surface area contributed by atoms with Crippen molar-refractivity contribution in [3.05, 3.63) is 214 Å². The van der Waals surface area contributed by atoms with Crippen molar-refractivity contribution in [1.82, 2.24) is 90.7 Å². The summed E-state index contributed by atoms with van der Waals surface area (Å²) in [4.78, 5) is 54.1. The van der Waals surface area contributed by atoms with E-state index in [1.807, 2.05) is 81.4 Å². The zero-order chi connectivity index (χ0) is 84.0. The third-order valence-corrected chi connectivity index (χ3v) is 20.5. The molecule has 116 heavy (non-hydrogen) atoms. The molecule has 0 unspecified atom stereocenters. The van der Waals surface area contributed by atoms with E-state index in [9.17, 15) is 56.1 Å². The second-order valence-electron chi connectivity index (χ2n) is 28.6. The molecule has 10 rings (SSSR count). The van der Waals surface area contributed by atoms with Crippen molar-refractivity contribution in [3.63, 3.8) is 0 Å². The molecule has 9 N–H and O–H groups in total. The number of urea groups is 3. The highest BCUT2D eigenvalue weighted by Gasteiger charge is 2.27. The van der Waals surface area contributed by atoms with Crippen molar-refractivity contribution >= 4 is 51.1 Å². The molecule has 3 aromatic heterocycles. The number of carbonyl (C=O) groups is 4. The van der Waals surface area contributed by atoms with Crippen LogP contribution in [-0.4, -0.2) is 204 Å². The molecule has 0 fully saturated rings. The molecule has 0 bridgehead atoms. The van der Waals surface area contributed by atoms with Gasteiger partial charge in [0.15, 0.2) is 17.5 Å². The molecule has 0 saturated carbocycles. The summed E-state index contributed by atoms with van der Waals surface area (Å²) in [6.45, 7) is 14.9. The van der Waals surface area contributed by atoms with Crippen LogP contribution in [0, 0.1) is 17.5 Å². The average molecular weight is 1640 g/mol. The number of amides is 7. The number of halogens is 3. The number of sulfonamides is 1. The fourth-order valence-corrected chi connectivity index (χ4v) is 13.4. The lowest BCUT2D eigenvalue weighted by atomic mass is 10.1. The molecule has 0 spiro atoms. The summed E-state index contributed by atoms with van der Waals surface area (Å²) in [6, 6.07) is 42.5. The van der Waals surface area contributed by atoms with Crippen LogP contribution in [0.4, 0.5) is 44.6 Å². The van der Waals surface area contributed by atoms with Gasteiger partial charge in [-0.05, 0) is 246 Å². The lowest BCUT2D eigenvalue weighted by Gasteiger charge is -2.28. The molecule has 0 aliphatic heterocycles. The highest BCUT2D eigenvalue weighted by atomic mass is 32.2. The zero-order valence-electron chi connectivity index (χ0n) is 67.3. The van der Waals surface area contributed by atoms with Gasteiger partial charge in [0.05, 0.1) is 42.7 Å². The average Bonchev–Trinajstić information content (AvgIpc) is 1.79. The molecular formula is C82H124F3N21O9S. The molecule has 0 aliphatic rings. The Kier molecular flexibility index (Phi) is 34.5. The topological polar surface area (TPSA) is 376 Å². The van der Waals surface area contributed by atoms with E-state index in [1.165, 1.54) is 52.3 Å². The van der Waals surface area contributed by atoms with Crippen molar-refractivity contribution in [2.75, 3.05) is 61.5 Å². The molecule has 10 aromatic rings. The first-order valence-corrected chi connectivity index (χ1v) is 40.3. The van der Waals surface area contributed by atoms with E-state index in [0.717, 1.165) is 101 Å². The molecule has 638 valence electrons. The zero-order valence-corrected chi connectivity index (χ0v) is 68.1. The van der Waals surface area contributed by atoms with Crippen LogP contribution < -0.4 is 31.9 Å². The van der Waals surface area contributed by atoms with Gasteiger partial charge in [-0.1, -0.05) is 87.5 Å². The Labute approximate surface area is 688 Å². The molecule has 3 heterocycles. The number of anilines is 3. The number of nitrogens with one attached hydrogen (secondary N) is 6. The van der Waals surface area contributed by atoms with E-state index < -0.39 is 64.6 Å². The fourth-order valence-electron chi connectivity index (χ4n) is 12.5. The first-order chi connectivity index (χ1) is 55.4. The number of carbonyl (C=O) groups excluding carboxylic acids is 4. The van der Waals surface area contributed by atoms with Gasteiger partial charge in [-0.15, -0.1) is 15.3 Å². The minimum Gasteiger partial charge on any atom is -0.390 e. The summed E-state index contributed by atoms with van der Waals surface area (Å²) in [5, 5.41) is 83.9. The largest absolute Gasteiger partial charge is 0.390 e. The lowest BCUT2D eigenvalue weighted by molar-refractivity contribution is -0.130.